The molecular formula is C18H17N2O6-. The Bertz CT molecular complexity index is 786. The van der Waals surface area contributed by atoms with Gasteiger partial charge >= 0.3 is 0 Å². The minimum atomic E-state index is -1.31. The predicted molar refractivity (Wildman–Crippen MR) is 90.5 cm³/mol. The Kier molecular flexibility index (Phi) is 6.26. The van der Waals surface area contributed by atoms with Crippen molar-refractivity contribution >= 4 is 17.6 Å². The summed E-state index contributed by atoms with van der Waals surface area (Å²) in [5.74, 6) is -1.22. The molecule has 8 heteroatoms. The first-order valence-corrected chi connectivity index (χ1v) is 7.88. The minimum absolute atomic E-state index is 0.139. The Labute approximate surface area is 149 Å². The molecule has 2 aromatic rings. The van der Waals surface area contributed by atoms with Crippen LogP contribution in [0.1, 0.15) is 35.3 Å². The molecule has 0 aromatic heterocycles. The van der Waals surface area contributed by atoms with E-state index in [9.17, 15) is 24.8 Å². The number of nitro benzene ring substituents is 1. The largest absolute Gasteiger partial charge is 0.550 e. The van der Waals surface area contributed by atoms with Crippen molar-refractivity contribution in [1.29, 1.82) is 0 Å². The van der Waals surface area contributed by atoms with E-state index in [1.807, 2.05) is 6.92 Å². The van der Waals surface area contributed by atoms with Gasteiger partial charge in [0.2, 0.25) is 0 Å². The highest BCUT2D eigenvalue weighted by Gasteiger charge is 2.17. The van der Waals surface area contributed by atoms with Gasteiger partial charge < -0.3 is 20.0 Å². The number of hydrogen-bond acceptors (Lipinski definition) is 6. The zero-order chi connectivity index (χ0) is 19.1. The van der Waals surface area contributed by atoms with Gasteiger partial charge in [-0.3, -0.25) is 14.9 Å². The van der Waals surface area contributed by atoms with E-state index in [1.54, 1.807) is 24.3 Å². The van der Waals surface area contributed by atoms with Crippen LogP contribution >= 0.6 is 0 Å². The maximum Gasteiger partial charge on any atom is 0.269 e. The maximum atomic E-state index is 12.3. The molecule has 1 N–H and O–H groups in total. The SMILES string of the molecule is CCOc1ccc([C@@H](CC(=O)[O-])NC(=O)c2ccc([N+](=O)[O-])cc2)cc1. The molecule has 0 aliphatic carbocycles. The average Bonchev–Trinajstić information content (AvgIpc) is 2.61. The van der Waals surface area contributed by atoms with Crippen molar-refractivity contribution in [3.63, 3.8) is 0 Å². The van der Waals surface area contributed by atoms with E-state index >= 15 is 0 Å². The van der Waals surface area contributed by atoms with E-state index in [0.717, 1.165) is 0 Å². The molecule has 2 aromatic carbocycles. The lowest BCUT2D eigenvalue weighted by Gasteiger charge is -2.20. The Hall–Kier alpha value is -3.42. The molecule has 0 saturated heterocycles. The van der Waals surface area contributed by atoms with Gasteiger partial charge in [-0.1, -0.05) is 12.1 Å². The number of nitro groups is 1. The molecular weight excluding hydrogens is 340 g/mol. The van der Waals surface area contributed by atoms with Crippen LogP contribution < -0.4 is 15.2 Å². The first-order chi connectivity index (χ1) is 12.4. The van der Waals surface area contributed by atoms with E-state index in [2.05, 4.69) is 5.32 Å². The number of benzene rings is 2. The van der Waals surface area contributed by atoms with Crippen molar-refractivity contribution in [2.75, 3.05) is 6.61 Å². The van der Waals surface area contributed by atoms with E-state index < -0.39 is 29.3 Å². The lowest BCUT2D eigenvalue weighted by atomic mass is 10.0. The molecule has 0 aliphatic heterocycles. The summed E-state index contributed by atoms with van der Waals surface area (Å²) in [5.41, 5.74) is 0.622. The minimum Gasteiger partial charge on any atom is -0.550 e. The van der Waals surface area contributed by atoms with E-state index in [1.165, 1.54) is 24.3 Å². The smallest absolute Gasteiger partial charge is 0.269 e. The van der Waals surface area contributed by atoms with Crippen molar-refractivity contribution in [1.82, 2.24) is 5.32 Å². The fraction of sp³-hybridized carbons (Fsp3) is 0.222. The van der Waals surface area contributed by atoms with Crippen molar-refractivity contribution in [3.8, 4) is 5.75 Å². The van der Waals surface area contributed by atoms with Crippen molar-refractivity contribution in [3.05, 3.63) is 69.8 Å². The number of carbonyl (C=O) groups is 2. The van der Waals surface area contributed by atoms with Crippen LogP contribution in [0.2, 0.25) is 0 Å². The number of nitrogens with zero attached hydrogens (tertiary/aromatic N) is 1. The van der Waals surface area contributed by atoms with Gasteiger partial charge in [0, 0.05) is 30.1 Å². The van der Waals surface area contributed by atoms with E-state index in [0.29, 0.717) is 17.9 Å². The molecule has 0 spiro atoms. The molecule has 0 radical (unpaired) electrons. The standard InChI is InChI=1S/C18H18N2O6/c1-2-26-15-9-5-12(6-10-15)16(11-17(21)22)19-18(23)13-3-7-14(8-4-13)20(24)25/h3-10,16H,2,11H2,1H3,(H,19,23)(H,21,22)/p-1/t16-/m1/s1. The molecule has 0 bridgehead atoms. The molecule has 0 saturated carbocycles. The third-order valence-electron chi connectivity index (χ3n) is 3.61. The normalized spacial score (nSPS) is 11.4. The van der Waals surface area contributed by atoms with Crippen molar-refractivity contribution in [2.24, 2.45) is 0 Å². The number of aliphatic carboxylic acids is 1. The number of carbonyl (C=O) groups excluding carboxylic acids is 2. The van der Waals surface area contributed by atoms with Crippen molar-refractivity contribution < 1.29 is 24.4 Å². The van der Waals surface area contributed by atoms with Crippen molar-refractivity contribution in [2.45, 2.75) is 19.4 Å². The average molecular weight is 357 g/mol. The number of ether oxygens (including phenoxy) is 1. The number of amides is 1. The van der Waals surface area contributed by atoms with Gasteiger partial charge in [0.25, 0.3) is 11.6 Å². The molecule has 8 nitrogen and oxygen atoms in total. The highest BCUT2D eigenvalue weighted by molar-refractivity contribution is 5.94. The van der Waals surface area contributed by atoms with Gasteiger partial charge in [0.1, 0.15) is 5.75 Å². The number of non-ortho nitro benzene ring substituents is 1. The third-order valence-corrected chi connectivity index (χ3v) is 3.61. The summed E-state index contributed by atoms with van der Waals surface area (Å²) in [4.78, 5) is 33.5. The van der Waals surface area contributed by atoms with Gasteiger partial charge in [0.05, 0.1) is 17.6 Å². The second-order valence-electron chi connectivity index (χ2n) is 5.41. The van der Waals surface area contributed by atoms with E-state index in [4.69, 9.17) is 4.74 Å². The molecule has 26 heavy (non-hydrogen) atoms. The Morgan fingerprint density at radius 3 is 2.23 bits per heavy atom. The Balaban J connectivity index is 2.17. The second kappa shape index (κ2) is 8.61. The maximum absolute atomic E-state index is 12.3. The first kappa shape index (κ1) is 18.9. The van der Waals surface area contributed by atoms with Crippen LogP contribution in [0.3, 0.4) is 0 Å². The summed E-state index contributed by atoms with van der Waals surface area (Å²) in [6.07, 6.45) is -0.410. The summed E-state index contributed by atoms with van der Waals surface area (Å²) >= 11 is 0. The van der Waals surface area contributed by atoms with Crippen LogP contribution in [0.5, 0.6) is 5.75 Å². The Morgan fingerprint density at radius 1 is 1.12 bits per heavy atom. The highest BCUT2D eigenvalue weighted by Crippen LogP contribution is 2.21. The summed E-state index contributed by atoms with van der Waals surface area (Å²) in [7, 11) is 0. The lowest BCUT2D eigenvalue weighted by molar-refractivity contribution is -0.384. The molecule has 0 unspecified atom stereocenters. The molecule has 0 fully saturated rings. The molecule has 1 atom stereocenters. The second-order valence-corrected chi connectivity index (χ2v) is 5.41. The number of carboxylic acid groups (broad SMARTS) is 1. The predicted octanol–water partition coefficient (Wildman–Crippen LogP) is 1.60. The van der Waals surface area contributed by atoms with Gasteiger partial charge in [-0.25, -0.2) is 0 Å². The summed E-state index contributed by atoms with van der Waals surface area (Å²) < 4.78 is 5.33. The molecule has 2 rings (SSSR count). The third kappa shape index (κ3) is 5.04. The van der Waals surface area contributed by atoms with Crippen LogP contribution in [0.25, 0.3) is 0 Å². The lowest BCUT2D eigenvalue weighted by Crippen LogP contribution is -2.34. The molecule has 136 valence electrons. The van der Waals surface area contributed by atoms with Crippen LogP contribution in [0.15, 0.2) is 48.5 Å². The van der Waals surface area contributed by atoms with Gasteiger partial charge in [-0.15, -0.1) is 0 Å². The van der Waals surface area contributed by atoms with Crippen LogP contribution in [-0.2, 0) is 4.79 Å². The van der Waals surface area contributed by atoms with E-state index in [-0.39, 0.29) is 11.3 Å². The fourth-order valence-corrected chi connectivity index (χ4v) is 2.36. The summed E-state index contributed by atoms with van der Waals surface area (Å²) in [6, 6.07) is 10.9. The van der Waals surface area contributed by atoms with Crippen LogP contribution in [0.4, 0.5) is 5.69 Å². The van der Waals surface area contributed by atoms with Gasteiger partial charge in [0.15, 0.2) is 0 Å². The summed E-state index contributed by atoms with van der Waals surface area (Å²) in [6.45, 7) is 2.34. The zero-order valence-corrected chi connectivity index (χ0v) is 14.0. The number of carboxylic acids is 1. The van der Waals surface area contributed by atoms with Crippen LogP contribution in [-0.4, -0.2) is 23.4 Å². The number of hydrogen-bond donors (Lipinski definition) is 1. The number of rotatable bonds is 8. The van der Waals surface area contributed by atoms with Crippen LogP contribution in [0, 0.1) is 10.1 Å². The fourth-order valence-electron chi connectivity index (χ4n) is 2.36. The number of nitrogens with one attached hydrogen (secondary N) is 1. The summed E-state index contributed by atoms with van der Waals surface area (Å²) in [5, 5.41) is 24.3. The zero-order valence-electron chi connectivity index (χ0n) is 14.0. The topological polar surface area (TPSA) is 122 Å². The van der Waals surface area contributed by atoms with Gasteiger partial charge in [-0.05, 0) is 36.8 Å². The quantitative estimate of drug-likeness (QED) is 0.566. The Morgan fingerprint density at radius 2 is 1.73 bits per heavy atom. The monoisotopic (exact) mass is 357 g/mol. The molecule has 0 aliphatic rings. The molecule has 1 amide bonds. The molecule has 0 heterocycles. The van der Waals surface area contributed by atoms with Gasteiger partial charge in [-0.2, -0.15) is 0 Å². The highest BCUT2D eigenvalue weighted by atomic mass is 16.6. The first-order valence-electron chi connectivity index (χ1n) is 7.88.